The minimum atomic E-state index is -0.187. The quantitative estimate of drug-likeness (QED) is 0.454. The molecule has 2 heterocycles. The molecule has 2 amide bonds. The van der Waals surface area contributed by atoms with Crippen LogP contribution in [0.15, 0.2) is 91.3 Å². The third-order valence-electron chi connectivity index (χ3n) is 6.11. The molecule has 3 aromatic carbocycles. The first-order chi connectivity index (χ1) is 15.8. The van der Waals surface area contributed by atoms with E-state index in [9.17, 15) is 4.79 Å². The van der Waals surface area contributed by atoms with E-state index in [-0.39, 0.29) is 12.1 Å². The summed E-state index contributed by atoms with van der Waals surface area (Å²) in [7, 11) is 0. The molecule has 4 aromatic rings. The van der Waals surface area contributed by atoms with Gasteiger partial charge < -0.3 is 15.5 Å². The van der Waals surface area contributed by atoms with Crippen molar-refractivity contribution in [2.75, 3.05) is 16.8 Å². The normalized spacial score (nSPS) is 15.2. The van der Waals surface area contributed by atoms with Gasteiger partial charge in [-0.15, -0.1) is 0 Å². The molecule has 1 unspecified atom stereocenters. The van der Waals surface area contributed by atoms with Crippen molar-refractivity contribution < 1.29 is 4.79 Å². The number of benzene rings is 3. The molecule has 1 atom stereocenters. The molecule has 1 aliphatic rings. The molecule has 0 fully saturated rings. The highest BCUT2D eigenvalue weighted by molar-refractivity contribution is 6.01. The highest BCUT2D eigenvalue weighted by atomic mass is 16.2. The molecule has 1 aliphatic heterocycles. The van der Waals surface area contributed by atoms with E-state index >= 15 is 0 Å². The van der Waals surface area contributed by atoms with Gasteiger partial charge in [0.2, 0.25) is 0 Å². The van der Waals surface area contributed by atoms with E-state index in [1.54, 1.807) is 12.4 Å². The third-order valence-corrected chi connectivity index (χ3v) is 6.11. The summed E-state index contributed by atoms with van der Waals surface area (Å²) >= 11 is 0. The first kappa shape index (κ1) is 20.1. The van der Waals surface area contributed by atoms with Gasteiger partial charge in [-0.05, 0) is 42.2 Å². The maximum absolute atomic E-state index is 12.8. The summed E-state index contributed by atoms with van der Waals surface area (Å²) in [6, 6.07) is 26.9. The zero-order valence-electron chi connectivity index (χ0n) is 17.9. The zero-order valence-corrected chi connectivity index (χ0v) is 17.9. The number of para-hydroxylation sites is 1. The Labute approximate surface area is 188 Å². The monoisotopic (exact) mass is 422 g/mol. The molecule has 1 aromatic heterocycles. The van der Waals surface area contributed by atoms with E-state index < -0.39 is 0 Å². The second-order valence-corrected chi connectivity index (χ2v) is 8.17. The number of aromatic nitrogens is 1. The Kier molecular flexibility index (Phi) is 5.71. The van der Waals surface area contributed by atoms with Crippen LogP contribution < -0.4 is 15.5 Å². The summed E-state index contributed by atoms with van der Waals surface area (Å²) in [4.78, 5) is 19.3. The number of carbonyl (C=O) groups is 1. The van der Waals surface area contributed by atoms with Gasteiger partial charge in [0.05, 0.1) is 5.69 Å². The van der Waals surface area contributed by atoms with Crippen molar-refractivity contribution in [1.82, 2.24) is 10.3 Å². The predicted molar refractivity (Wildman–Crippen MR) is 130 cm³/mol. The molecular weight excluding hydrogens is 396 g/mol. The molecule has 160 valence electrons. The minimum Gasteiger partial charge on any atom is -0.362 e. The smallest absolute Gasteiger partial charge is 0.319 e. The number of urea groups is 1. The number of anilines is 2. The first-order valence-corrected chi connectivity index (χ1v) is 11.0. The number of nitrogens with zero attached hydrogens (tertiary/aromatic N) is 2. The molecule has 0 spiro atoms. The second kappa shape index (κ2) is 9.10. The fourth-order valence-electron chi connectivity index (χ4n) is 4.49. The highest BCUT2D eigenvalue weighted by Gasteiger charge is 2.26. The zero-order chi connectivity index (χ0) is 21.8. The van der Waals surface area contributed by atoms with Crippen LogP contribution in [0.1, 0.15) is 17.5 Å². The number of hydrogen-bond donors (Lipinski definition) is 2. The van der Waals surface area contributed by atoms with Gasteiger partial charge in [-0.2, -0.15) is 0 Å². The summed E-state index contributed by atoms with van der Waals surface area (Å²) in [5, 5.41) is 8.10. The number of amides is 2. The molecule has 0 saturated heterocycles. The van der Waals surface area contributed by atoms with Crippen molar-refractivity contribution in [1.29, 1.82) is 0 Å². The highest BCUT2D eigenvalue weighted by Crippen LogP contribution is 2.32. The predicted octanol–water partition coefficient (Wildman–Crippen LogP) is 5.38. The van der Waals surface area contributed by atoms with Crippen LogP contribution in [0.25, 0.3) is 10.8 Å². The van der Waals surface area contributed by atoms with E-state index in [1.807, 2.05) is 30.3 Å². The van der Waals surface area contributed by atoms with Crippen molar-refractivity contribution in [2.24, 2.45) is 0 Å². The van der Waals surface area contributed by atoms with E-state index in [1.165, 1.54) is 16.8 Å². The molecule has 32 heavy (non-hydrogen) atoms. The van der Waals surface area contributed by atoms with Crippen LogP contribution >= 0.6 is 0 Å². The van der Waals surface area contributed by atoms with Crippen LogP contribution in [-0.2, 0) is 13.0 Å². The number of pyridine rings is 1. The maximum atomic E-state index is 12.8. The SMILES string of the molecule is O=C(NCC1CCc2ccccc2N1Cc1ccccc1)Nc1cccc2cnccc12. The van der Waals surface area contributed by atoms with E-state index in [0.717, 1.165) is 35.8 Å². The summed E-state index contributed by atoms with van der Waals surface area (Å²) < 4.78 is 0. The number of aryl methyl sites for hydroxylation is 1. The van der Waals surface area contributed by atoms with E-state index in [0.29, 0.717) is 6.54 Å². The number of carbonyl (C=O) groups excluding carboxylic acids is 1. The maximum Gasteiger partial charge on any atom is 0.319 e. The van der Waals surface area contributed by atoms with Crippen molar-refractivity contribution in [3.63, 3.8) is 0 Å². The van der Waals surface area contributed by atoms with Crippen LogP contribution in [0, 0.1) is 0 Å². The Balaban J connectivity index is 1.30. The number of nitrogens with one attached hydrogen (secondary N) is 2. The molecular formula is C27H26N4O. The minimum absolute atomic E-state index is 0.187. The lowest BCUT2D eigenvalue weighted by atomic mass is 9.95. The van der Waals surface area contributed by atoms with Gasteiger partial charge in [-0.25, -0.2) is 4.79 Å². The second-order valence-electron chi connectivity index (χ2n) is 8.17. The van der Waals surface area contributed by atoms with Gasteiger partial charge in [0.15, 0.2) is 0 Å². The molecule has 5 heteroatoms. The molecule has 5 nitrogen and oxygen atoms in total. The largest absolute Gasteiger partial charge is 0.362 e. The standard InChI is InChI=1S/C27H26N4O/c32-27(30-25-11-6-10-22-17-28-16-15-24(22)25)29-18-23-14-13-21-9-4-5-12-26(21)31(23)19-20-7-2-1-3-8-20/h1-12,15-17,23H,13-14,18-19H2,(H2,29,30,32). The lowest BCUT2D eigenvalue weighted by Gasteiger charge is -2.39. The van der Waals surface area contributed by atoms with Crippen molar-refractivity contribution in [2.45, 2.75) is 25.4 Å². The van der Waals surface area contributed by atoms with E-state index in [4.69, 9.17) is 0 Å². The summed E-state index contributed by atoms with van der Waals surface area (Å²) in [6.45, 7) is 1.40. The lowest BCUT2D eigenvalue weighted by molar-refractivity contribution is 0.251. The lowest BCUT2D eigenvalue weighted by Crippen LogP contribution is -2.47. The number of fused-ring (bicyclic) bond motifs is 2. The fourth-order valence-corrected chi connectivity index (χ4v) is 4.49. The van der Waals surface area contributed by atoms with Gasteiger partial charge in [0, 0.05) is 48.0 Å². The van der Waals surface area contributed by atoms with Crippen LogP contribution in [0.2, 0.25) is 0 Å². The fraction of sp³-hybridized carbons (Fsp3) is 0.185. The van der Waals surface area contributed by atoms with Crippen molar-refractivity contribution in [3.05, 3.63) is 102 Å². The molecule has 0 bridgehead atoms. The third kappa shape index (κ3) is 4.28. The summed E-state index contributed by atoms with van der Waals surface area (Å²) in [5.74, 6) is 0. The Morgan fingerprint density at radius 1 is 0.969 bits per heavy atom. The van der Waals surface area contributed by atoms with Crippen LogP contribution in [0.3, 0.4) is 0 Å². The molecule has 0 saturated carbocycles. The number of rotatable bonds is 5. The van der Waals surface area contributed by atoms with Gasteiger partial charge in [0.25, 0.3) is 0 Å². The van der Waals surface area contributed by atoms with E-state index in [2.05, 4.69) is 69.0 Å². The Morgan fingerprint density at radius 3 is 2.72 bits per heavy atom. The van der Waals surface area contributed by atoms with Gasteiger partial charge >= 0.3 is 6.03 Å². The summed E-state index contributed by atoms with van der Waals surface area (Å²) in [6.07, 6.45) is 5.57. The van der Waals surface area contributed by atoms with Crippen molar-refractivity contribution in [3.8, 4) is 0 Å². The topological polar surface area (TPSA) is 57.3 Å². The molecule has 0 aliphatic carbocycles. The van der Waals surface area contributed by atoms with Gasteiger partial charge in [-0.3, -0.25) is 4.98 Å². The van der Waals surface area contributed by atoms with Crippen LogP contribution in [0.5, 0.6) is 0 Å². The average molecular weight is 423 g/mol. The number of hydrogen-bond acceptors (Lipinski definition) is 3. The molecule has 2 N–H and O–H groups in total. The van der Waals surface area contributed by atoms with Gasteiger partial charge in [0.1, 0.15) is 0 Å². The first-order valence-electron chi connectivity index (χ1n) is 11.0. The van der Waals surface area contributed by atoms with Crippen molar-refractivity contribution >= 4 is 28.2 Å². The Bertz CT molecular complexity index is 1220. The van der Waals surface area contributed by atoms with Crippen LogP contribution in [0.4, 0.5) is 16.2 Å². The average Bonchev–Trinajstić information content (AvgIpc) is 2.84. The molecule has 0 radical (unpaired) electrons. The van der Waals surface area contributed by atoms with Crippen LogP contribution in [-0.4, -0.2) is 23.6 Å². The Morgan fingerprint density at radius 2 is 1.81 bits per heavy atom. The Hall–Kier alpha value is -3.86. The molecule has 5 rings (SSSR count). The summed E-state index contributed by atoms with van der Waals surface area (Å²) in [5.41, 5.74) is 4.69. The van der Waals surface area contributed by atoms with Gasteiger partial charge in [-0.1, -0.05) is 60.7 Å².